The fourth-order valence-corrected chi connectivity index (χ4v) is 1.87. The van der Waals surface area contributed by atoms with Crippen LogP contribution in [-0.2, 0) is 41.2 Å². The number of rotatable bonds is 7. The molecular formula is C14H22N3O3Pd-. The van der Waals surface area contributed by atoms with E-state index >= 15 is 0 Å². The Morgan fingerprint density at radius 3 is 2.57 bits per heavy atom. The smallest absolute Gasteiger partial charge is 0.321 e. The summed E-state index contributed by atoms with van der Waals surface area (Å²) in [6, 6.07) is 0. The second-order valence-electron chi connectivity index (χ2n) is 4.90. The molecule has 122 valence electrons. The van der Waals surface area contributed by atoms with Crippen molar-refractivity contribution in [3.63, 3.8) is 0 Å². The quantitative estimate of drug-likeness (QED) is 0.397. The Kier molecular flexibility index (Phi) is 8.45. The Hall–Kier alpha value is -1.19. The average Bonchev–Trinajstić information content (AvgIpc) is 2.96. The Labute approximate surface area is 139 Å². The molecule has 0 spiro atoms. The number of hydrogen-bond acceptors (Lipinski definition) is 4. The number of hydrogen-bond donors (Lipinski definition) is 0. The molecule has 1 unspecified atom stereocenters. The Balaban J connectivity index is 0.00000400. The van der Waals surface area contributed by atoms with Gasteiger partial charge in [0.05, 0.1) is 6.61 Å². The van der Waals surface area contributed by atoms with E-state index in [0.29, 0.717) is 19.4 Å². The topological polar surface area (TPSA) is 73.6 Å². The second-order valence-corrected chi connectivity index (χ2v) is 4.90. The van der Waals surface area contributed by atoms with Crippen LogP contribution in [0.3, 0.4) is 0 Å². The summed E-state index contributed by atoms with van der Waals surface area (Å²) >= 11 is 0. The second kappa shape index (κ2) is 8.96. The third-order valence-corrected chi connectivity index (χ3v) is 3.47. The van der Waals surface area contributed by atoms with E-state index in [9.17, 15) is 9.59 Å². The Morgan fingerprint density at radius 2 is 2.10 bits per heavy atom. The van der Waals surface area contributed by atoms with Gasteiger partial charge in [-0.2, -0.15) is 0 Å². The average molecular weight is 387 g/mol. The maximum atomic E-state index is 12.5. The van der Waals surface area contributed by atoms with Crippen molar-refractivity contribution >= 4 is 11.9 Å². The van der Waals surface area contributed by atoms with E-state index in [-0.39, 0.29) is 32.9 Å². The number of aromatic nitrogens is 2. The van der Waals surface area contributed by atoms with Crippen LogP contribution in [0.5, 0.6) is 0 Å². The molecule has 1 amide bonds. The van der Waals surface area contributed by atoms with Crippen molar-refractivity contribution in [1.29, 1.82) is 0 Å². The summed E-state index contributed by atoms with van der Waals surface area (Å²) in [5, 5.41) is 0. The van der Waals surface area contributed by atoms with E-state index in [1.54, 1.807) is 32.0 Å². The van der Waals surface area contributed by atoms with Crippen LogP contribution >= 0.6 is 0 Å². The van der Waals surface area contributed by atoms with Crippen LogP contribution in [0.25, 0.3) is 0 Å². The number of carbonyl (C=O) groups excluding carboxylic acids is 2. The van der Waals surface area contributed by atoms with Gasteiger partial charge in [-0.15, -0.1) is 0 Å². The van der Waals surface area contributed by atoms with Gasteiger partial charge < -0.3 is 19.6 Å². The Morgan fingerprint density at radius 1 is 1.43 bits per heavy atom. The summed E-state index contributed by atoms with van der Waals surface area (Å²) < 4.78 is 5.01. The SMILES string of the molecule is CCOC(=O)C(C)(CC)C(=O)N(C)CCc1cnc[n-]1.[Pd]. The van der Waals surface area contributed by atoms with E-state index in [1.807, 2.05) is 6.92 Å². The van der Waals surface area contributed by atoms with E-state index in [1.165, 1.54) is 6.33 Å². The van der Waals surface area contributed by atoms with Crippen molar-refractivity contribution in [2.45, 2.75) is 33.6 Å². The van der Waals surface area contributed by atoms with E-state index in [2.05, 4.69) is 9.97 Å². The summed E-state index contributed by atoms with van der Waals surface area (Å²) in [5.74, 6) is -0.689. The van der Waals surface area contributed by atoms with Gasteiger partial charge in [-0.25, -0.2) is 0 Å². The van der Waals surface area contributed by atoms with Crippen molar-refractivity contribution in [2.75, 3.05) is 20.2 Å². The molecular weight excluding hydrogens is 365 g/mol. The number of likely N-dealkylation sites (N-methyl/N-ethyl adjacent to an activating group) is 1. The first-order chi connectivity index (χ1) is 9.45. The van der Waals surface area contributed by atoms with Crippen molar-refractivity contribution in [2.24, 2.45) is 5.41 Å². The number of carbonyl (C=O) groups is 2. The van der Waals surface area contributed by atoms with Gasteiger partial charge in [0, 0.05) is 34.0 Å². The zero-order valence-electron chi connectivity index (χ0n) is 12.9. The molecule has 0 aliphatic rings. The number of imidazole rings is 1. The van der Waals surface area contributed by atoms with Gasteiger partial charge in [0.1, 0.15) is 5.41 Å². The summed E-state index contributed by atoms with van der Waals surface area (Å²) in [4.78, 5) is 33.9. The van der Waals surface area contributed by atoms with Crippen LogP contribution in [0.2, 0.25) is 0 Å². The van der Waals surface area contributed by atoms with Gasteiger partial charge in [0.2, 0.25) is 5.91 Å². The summed E-state index contributed by atoms with van der Waals surface area (Å²) in [6.07, 6.45) is 4.17. The fraction of sp³-hybridized carbons (Fsp3) is 0.643. The maximum Gasteiger partial charge on any atom is 0.321 e. The van der Waals surface area contributed by atoms with Gasteiger partial charge in [-0.1, -0.05) is 25.1 Å². The minimum Gasteiger partial charge on any atom is -0.465 e. The molecule has 0 saturated carbocycles. The first-order valence-electron chi connectivity index (χ1n) is 6.80. The largest absolute Gasteiger partial charge is 0.465 e. The first-order valence-corrected chi connectivity index (χ1v) is 6.80. The van der Waals surface area contributed by atoms with Crippen LogP contribution < -0.4 is 4.98 Å². The van der Waals surface area contributed by atoms with Crippen LogP contribution in [0.4, 0.5) is 0 Å². The molecule has 1 atom stereocenters. The van der Waals surface area contributed by atoms with Crippen LogP contribution in [-0.4, -0.2) is 42.0 Å². The van der Waals surface area contributed by atoms with Gasteiger partial charge in [-0.05, 0) is 26.7 Å². The molecule has 0 radical (unpaired) electrons. The molecule has 0 bridgehead atoms. The van der Waals surface area contributed by atoms with Crippen LogP contribution in [0.15, 0.2) is 12.5 Å². The van der Waals surface area contributed by atoms with E-state index < -0.39 is 11.4 Å². The third-order valence-electron chi connectivity index (χ3n) is 3.47. The van der Waals surface area contributed by atoms with Crippen molar-refractivity contribution in [1.82, 2.24) is 14.9 Å². The molecule has 1 aromatic heterocycles. The predicted molar refractivity (Wildman–Crippen MR) is 73.9 cm³/mol. The standard InChI is InChI=1S/C14H22N3O3.Pd/c1-5-14(3,13(19)20-6-2)12(18)17(4)8-7-11-9-15-10-16-11;/h9-10H,5-8H2,1-4H3;/q-1;. The molecule has 0 fully saturated rings. The molecule has 6 nitrogen and oxygen atoms in total. The monoisotopic (exact) mass is 386 g/mol. The maximum absolute atomic E-state index is 12.5. The Bertz CT molecular complexity index is 450. The molecule has 1 aromatic rings. The molecule has 1 rings (SSSR count). The summed E-state index contributed by atoms with van der Waals surface area (Å²) in [5.41, 5.74) is -0.290. The summed E-state index contributed by atoms with van der Waals surface area (Å²) in [7, 11) is 1.69. The molecule has 0 aliphatic heterocycles. The molecule has 0 N–H and O–H groups in total. The zero-order chi connectivity index (χ0) is 15.2. The molecule has 0 aliphatic carbocycles. The fourth-order valence-electron chi connectivity index (χ4n) is 1.87. The van der Waals surface area contributed by atoms with E-state index in [0.717, 1.165) is 5.69 Å². The van der Waals surface area contributed by atoms with E-state index in [4.69, 9.17) is 4.74 Å². The van der Waals surface area contributed by atoms with Gasteiger partial charge in [0.25, 0.3) is 0 Å². The van der Waals surface area contributed by atoms with Crippen molar-refractivity contribution in [3.8, 4) is 0 Å². The third kappa shape index (κ3) is 4.94. The first kappa shape index (κ1) is 19.8. The molecule has 21 heavy (non-hydrogen) atoms. The van der Waals surface area contributed by atoms with Gasteiger partial charge in [-0.3, -0.25) is 9.59 Å². The minimum absolute atomic E-state index is 0. The molecule has 0 saturated heterocycles. The van der Waals surface area contributed by atoms with Gasteiger partial charge >= 0.3 is 5.97 Å². The van der Waals surface area contributed by atoms with Crippen LogP contribution in [0.1, 0.15) is 32.9 Å². The normalized spacial score (nSPS) is 13.0. The predicted octanol–water partition coefficient (Wildman–Crippen LogP) is 1.02. The van der Waals surface area contributed by atoms with Crippen LogP contribution in [0, 0.1) is 5.41 Å². The molecule has 1 heterocycles. The number of amides is 1. The molecule has 7 heteroatoms. The van der Waals surface area contributed by atoms with Crippen molar-refractivity contribution < 1.29 is 34.7 Å². The van der Waals surface area contributed by atoms with Crippen molar-refractivity contribution in [3.05, 3.63) is 18.2 Å². The summed E-state index contributed by atoms with van der Waals surface area (Å²) in [6.45, 7) is 5.94. The molecule has 0 aromatic carbocycles. The van der Waals surface area contributed by atoms with Gasteiger partial charge in [0.15, 0.2) is 0 Å². The number of esters is 1. The minimum atomic E-state index is -1.12. The number of nitrogens with zero attached hydrogens (tertiary/aromatic N) is 3. The zero-order valence-corrected chi connectivity index (χ0v) is 14.4. The number of ether oxygens (including phenoxy) is 1.